The molecule has 3 aromatic rings. The lowest BCUT2D eigenvalue weighted by Gasteiger charge is -2.23. The highest BCUT2D eigenvalue weighted by atomic mass is 79.9. The number of hydrogen-bond acceptors (Lipinski definition) is 8. The number of cyclic esters (lactones) is 1. The number of rotatable bonds is 6. The van der Waals surface area contributed by atoms with Crippen molar-refractivity contribution in [3.05, 3.63) is 51.1 Å². The van der Waals surface area contributed by atoms with Crippen molar-refractivity contribution >= 4 is 45.1 Å². The van der Waals surface area contributed by atoms with E-state index in [4.69, 9.17) is 4.74 Å². The summed E-state index contributed by atoms with van der Waals surface area (Å²) >= 11 is 4.90. The normalized spacial score (nSPS) is 18.0. The molecule has 1 aliphatic rings. The van der Waals surface area contributed by atoms with E-state index >= 15 is 0 Å². The summed E-state index contributed by atoms with van der Waals surface area (Å²) in [6, 6.07) is 6.87. The van der Waals surface area contributed by atoms with Crippen LogP contribution in [0.1, 0.15) is 24.9 Å². The van der Waals surface area contributed by atoms with E-state index in [0.717, 1.165) is 31.8 Å². The molecule has 0 bridgehead atoms. The number of aliphatic hydroxyl groups excluding tert-OH is 1. The molecule has 0 unspecified atom stereocenters. The van der Waals surface area contributed by atoms with Crippen molar-refractivity contribution in [3.63, 3.8) is 0 Å². The van der Waals surface area contributed by atoms with E-state index in [1.54, 1.807) is 0 Å². The van der Waals surface area contributed by atoms with Gasteiger partial charge in [-0.15, -0.1) is 11.3 Å². The molecule has 8 nitrogen and oxygen atoms in total. The molecule has 3 atom stereocenters. The van der Waals surface area contributed by atoms with Gasteiger partial charge in [-0.25, -0.2) is 24.1 Å². The third-order valence-electron chi connectivity index (χ3n) is 4.79. The van der Waals surface area contributed by atoms with Crippen LogP contribution in [0.3, 0.4) is 0 Å². The minimum absolute atomic E-state index is 0.0446. The second kappa shape index (κ2) is 8.85. The van der Waals surface area contributed by atoms with Crippen LogP contribution in [-0.2, 0) is 4.74 Å². The SMILES string of the molecule is C[C@H](Nc1ncc(F)c(N2C(=O)OC[C@@H]2[C@@H](C)O)n1)c1nc(-c2ccc(Br)cc2)cs1. The van der Waals surface area contributed by atoms with Crippen LogP contribution in [0, 0.1) is 5.82 Å². The van der Waals surface area contributed by atoms with Gasteiger partial charge in [-0.1, -0.05) is 28.1 Å². The molecule has 4 rings (SSSR count). The summed E-state index contributed by atoms with van der Waals surface area (Å²) in [7, 11) is 0. The number of amides is 1. The van der Waals surface area contributed by atoms with Gasteiger partial charge in [0.15, 0.2) is 11.6 Å². The highest BCUT2D eigenvalue weighted by Gasteiger charge is 2.39. The van der Waals surface area contributed by atoms with Crippen LogP contribution in [0.4, 0.5) is 21.0 Å². The van der Waals surface area contributed by atoms with Gasteiger partial charge < -0.3 is 15.2 Å². The summed E-state index contributed by atoms with van der Waals surface area (Å²) in [5, 5.41) is 15.8. The molecule has 0 radical (unpaired) electrons. The molecular weight excluding hydrogens is 489 g/mol. The molecule has 11 heteroatoms. The third kappa shape index (κ3) is 4.53. The standard InChI is InChI=1S/C20H19BrFN5O3S/c1-10(18-25-15(9-31-18)12-3-5-13(21)6-4-12)24-19-23-7-14(22)17(26-19)27-16(11(2)28)8-30-20(27)29/h3-7,9-11,16,28H,8H2,1-2H3,(H,23,24,26)/t10-,11+,16+/m0/s1. The van der Waals surface area contributed by atoms with E-state index in [1.807, 2.05) is 36.6 Å². The van der Waals surface area contributed by atoms with Gasteiger partial charge in [-0.05, 0) is 26.0 Å². The number of halogens is 2. The number of ether oxygens (including phenoxy) is 1. The number of anilines is 2. The highest BCUT2D eigenvalue weighted by Crippen LogP contribution is 2.30. The van der Waals surface area contributed by atoms with E-state index in [2.05, 4.69) is 36.2 Å². The third-order valence-corrected chi connectivity index (χ3v) is 6.35. The van der Waals surface area contributed by atoms with Crippen molar-refractivity contribution in [1.29, 1.82) is 0 Å². The summed E-state index contributed by atoms with van der Waals surface area (Å²) in [6.45, 7) is 3.35. The average Bonchev–Trinajstić information content (AvgIpc) is 3.37. The first-order chi connectivity index (χ1) is 14.8. The molecule has 0 aliphatic carbocycles. The Kier molecular flexibility index (Phi) is 6.17. The van der Waals surface area contributed by atoms with Gasteiger partial charge in [0.25, 0.3) is 0 Å². The molecule has 2 N–H and O–H groups in total. The van der Waals surface area contributed by atoms with Crippen LogP contribution in [0.2, 0.25) is 0 Å². The minimum atomic E-state index is -0.913. The molecule has 1 amide bonds. The molecule has 1 fully saturated rings. The molecule has 31 heavy (non-hydrogen) atoms. The van der Waals surface area contributed by atoms with Gasteiger partial charge in [-0.3, -0.25) is 0 Å². The molecule has 0 saturated carbocycles. The van der Waals surface area contributed by atoms with Crippen LogP contribution >= 0.6 is 27.3 Å². The second-order valence-electron chi connectivity index (χ2n) is 7.06. The Bertz CT molecular complexity index is 1090. The topological polar surface area (TPSA) is 100 Å². The van der Waals surface area contributed by atoms with Gasteiger partial charge in [0, 0.05) is 15.4 Å². The Morgan fingerprint density at radius 1 is 1.32 bits per heavy atom. The smallest absolute Gasteiger partial charge is 0.416 e. The summed E-state index contributed by atoms with van der Waals surface area (Å²) in [5.74, 6) is -0.893. The maximum atomic E-state index is 14.4. The van der Waals surface area contributed by atoms with Gasteiger partial charge in [-0.2, -0.15) is 4.98 Å². The molecule has 1 saturated heterocycles. The van der Waals surface area contributed by atoms with Gasteiger partial charge in [0.2, 0.25) is 5.95 Å². The van der Waals surface area contributed by atoms with Crippen molar-refractivity contribution in [2.24, 2.45) is 0 Å². The van der Waals surface area contributed by atoms with Gasteiger partial charge >= 0.3 is 6.09 Å². The maximum Gasteiger partial charge on any atom is 0.416 e. The van der Waals surface area contributed by atoms with Crippen molar-refractivity contribution in [2.75, 3.05) is 16.8 Å². The first-order valence-corrected chi connectivity index (χ1v) is 11.1. The molecule has 0 spiro atoms. The number of benzene rings is 1. The van der Waals surface area contributed by atoms with Gasteiger partial charge in [0.05, 0.1) is 24.0 Å². The number of carbonyl (C=O) groups excluding carboxylic acids is 1. The van der Waals surface area contributed by atoms with E-state index in [1.165, 1.54) is 18.3 Å². The molecule has 2 aromatic heterocycles. The van der Waals surface area contributed by atoms with Crippen molar-refractivity contribution in [2.45, 2.75) is 32.0 Å². The molecule has 1 aromatic carbocycles. The van der Waals surface area contributed by atoms with Gasteiger partial charge in [0.1, 0.15) is 17.7 Å². The van der Waals surface area contributed by atoms with Crippen LogP contribution in [0.5, 0.6) is 0 Å². The Hall–Kier alpha value is -2.63. The zero-order valence-corrected chi connectivity index (χ0v) is 19.0. The summed E-state index contributed by atoms with van der Waals surface area (Å²) < 4.78 is 20.4. The van der Waals surface area contributed by atoms with Crippen LogP contribution in [-0.4, -0.2) is 44.9 Å². The quantitative estimate of drug-likeness (QED) is 0.510. The van der Waals surface area contributed by atoms with Crippen molar-refractivity contribution < 1.29 is 19.0 Å². The number of aromatic nitrogens is 3. The van der Waals surface area contributed by atoms with E-state index < -0.39 is 24.1 Å². The van der Waals surface area contributed by atoms with E-state index in [9.17, 15) is 14.3 Å². The molecule has 1 aliphatic heterocycles. The van der Waals surface area contributed by atoms with Crippen molar-refractivity contribution in [3.8, 4) is 11.3 Å². The Balaban J connectivity index is 1.54. The molecular formula is C20H19BrFN5O3S. The lowest BCUT2D eigenvalue weighted by Crippen LogP contribution is -2.42. The lowest BCUT2D eigenvalue weighted by atomic mass is 10.2. The summed E-state index contributed by atoms with van der Waals surface area (Å²) in [5.41, 5.74) is 1.84. The monoisotopic (exact) mass is 507 g/mol. The first kappa shape index (κ1) is 21.6. The zero-order chi connectivity index (χ0) is 22.1. The fourth-order valence-electron chi connectivity index (χ4n) is 3.13. The number of thiazole rings is 1. The fraction of sp³-hybridized carbons (Fsp3) is 0.300. The fourth-order valence-corrected chi connectivity index (χ4v) is 4.23. The van der Waals surface area contributed by atoms with Crippen LogP contribution in [0.15, 0.2) is 40.3 Å². The predicted octanol–water partition coefficient (Wildman–Crippen LogP) is 4.38. The van der Waals surface area contributed by atoms with E-state index in [0.29, 0.717) is 0 Å². The number of nitrogens with one attached hydrogen (secondary N) is 1. The number of aliphatic hydroxyl groups is 1. The second-order valence-corrected chi connectivity index (χ2v) is 8.87. The zero-order valence-electron chi connectivity index (χ0n) is 16.6. The number of nitrogens with zero attached hydrogens (tertiary/aromatic N) is 4. The van der Waals surface area contributed by atoms with E-state index in [-0.39, 0.29) is 24.4 Å². The highest BCUT2D eigenvalue weighted by molar-refractivity contribution is 9.10. The number of hydrogen-bond donors (Lipinski definition) is 2. The summed E-state index contributed by atoms with van der Waals surface area (Å²) in [6.07, 6.45) is -0.693. The Labute approximate surface area is 190 Å². The molecule has 3 heterocycles. The molecule has 162 valence electrons. The minimum Gasteiger partial charge on any atom is -0.447 e. The first-order valence-electron chi connectivity index (χ1n) is 9.48. The summed E-state index contributed by atoms with van der Waals surface area (Å²) in [4.78, 5) is 25.9. The maximum absolute atomic E-state index is 14.4. The van der Waals surface area contributed by atoms with Crippen LogP contribution in [0.25, 0.3) is 11.3 Å². The average molecular weight is 508 g/mol. The predicted molar refractivity (Wildman–Crippen MR) is 119 cm³/mol. The van der Waals surface area contributed by atoms with Crippen molar-refractivity contribution in [1.82, 2.24) is 15.0 Å². The number of carbonyl (C=O) groups is 1. The Morgan fingerprint density at radius 3 is 2.77 bits per heavy atom. The lowest BCUT2D eigenvalue weighted by molar-refractivity contribution is 0.142. The van der Waals surface area contributed by atoms with Crippen LogP contribution < -0.4 is 10.2 Å². The Morgan fingerprint density at radius 2 is 2.06 bits per heavy atom. The largest absolute Gasteiger partial charge is 0.447 e.